The first-order chi connectivity index (χ1) is 8.27. The molecule has 0 aliphatic carbocycles. The minimum atomic E-state index is -4.64. The Morgan fingerprint density at radius 2 is 0.944 bits per heavy atom. The number of nitrogens with two attached hydrogens (primary N) is 2. The van der Waals surface area contributed by atoms with Crippen LogP contribution < -0.4 is 11.5 Å². The van der Waals surface area contributed by atoms with Gasteiger partial charge in [-0.25, -0.2) is 4.57 Å². The Labute approximate surface area is 111 Å². The molecule has 0 unspecified atom stereocenters. The van der Waals surface area contributed by atoms with Crippen molar-refractivity contribution in [3.05, 3.63) is 52.6 Å². The second kappa shape index (κ2) is 44.5. The summed E-state index contributed by atoms with van der Waals surface area (Å²) in [4.78, 5) is 21.6. The Balaban J connectivity index is -0.0000000260. The molecule has 0 fully saturated rings. The Kier molecular flexibility index (Phi) is 88.8. The van der Waals surface area contributed by atoms with Crippen molar-refractivity contribution in [1.82, 2.24) is 0 Å². The molecule has 112 valence electrons. The van der Waals surface area contributed by atoms with E-state index in [1.54, 1.807) is 0 Å². The van der Waals surface area contributed by atoms with Crippen LogP contribution in [-0.4, -0.2) is 20.8 Å². The molecular formula is C11H29N2O4P. The molecular weight excluding hydrogens is 255 g/mol. The molecule has 0 aromatic heterocycles. The van der Waals surface area contributed by atoms with Crippen molar-refractivity contribution in [2.75, 3.05) is 0 Å². The summed E-state index contributed by atoms with van der Waals surface area (Å²) < 4.78 is 8.88. The lowest BCUT2D eigenvalue weighted by molar-refractivity contribution is 0.275. The quantitative estimate of drug-likeness (QED) is 0.284. The lowest BCUT2D eigenvalue weighted by Gasteiger charge is -1.92. The minimum Gasteiger partial charge on any atom is -0.316 e. The maximum absolute atomic E-state index is 8.88. The number of phosphoric acid groups is 1. The third-order valence-corrected chi connectivity index (χ3v) is 0.471. The second-order valence-electron chi connectivity index (χ2n) is 1.59. The van der Waals surface area contributed by atoms with Crippen LogP contribution in [0.3, 0.4) is 0 Å². The van der Waals surface area contributed by atoms with E-state index in [1.807, 2.05) is 6.92 Å². The summed E-state index contributed by atoms with van der Waals surface area (Å²) in [6.07, 6.45) is 0.745. The highest BCUT2D eigenvalue weighted by atomic mass is 31.2. The predicted molar refractivity (Wildman–Crippen MR) is 81.7 cm³/mol. The molecule has 18 heavy (non-hydrogen) atoms. The van der Waals surface area contributed by atoms with Crippen LogP contribution in [0.2, 0.25) is 0 Å². The first kappa shape index (κ1) is 36.0. The third kappa shape index (κ3) is 2990. The highest BCUT2D eigenvalue weighted by Crippen LogP contribution is 2.25. The van der Waals surface area contributed by atoms with Gasteiger partial charge in [0.2, 0.25) is 0 Å². The Bertz CT molecular complexity index is 147. The topological polar surface area (TPSA) is 130 Å². The van der Waals surface area contributed by atoms with E-state index in [4.69, 9.17) is 30.7 Å². The van der Waals surface area contributed by atoms with E-state index in [0.717, 1.165) is 6.42 Å². The van der Waals surface area contributed by atoms with Crippen LogP contribution in [0.5, 0.6) is 0 Å². The SMILES string of the molecule is C=C.C=C.C=C.C=C.CCC(N)N.O=P(O)(O)O. The number of hydrogen-bond donors (Lipinski definition) is 5. The van der Waals surface area contributed by atoms with Gasteiger partial charge in [0.15, 0.2) is 0 Å². The molecule has 0 amide bonds. The summed E-state index contributed by atoms with van der Waals surface area (Å²) in [5.74, 6) is 0. The van der Waals surface area contributed by atoms with E-state index in [9.17, 15) is 0 Å². The van der Waals surface area contributed by atoms with Crippen molar-refractivity contribution < 1.29 is 19.2 Å². The van der Waals surface area contributed by atoms with E-state index in [-0.39, 0.29) is 6.17 Å². The van der Waals surface area contributed by atoms with Gasteiger partial charge >= 0.3 is 7.82 Å². The van der Waals surface area contributed by atoms with Gasteiger partial charge in [-0.1, -0.05) is 6.92 Å². The molecule has 0 aliphatic rings. The molecule has 0 saturated carbocycles. The van der Waals surface area contributed by atoms with Gasteiger partial charge in [-0.05, 0) is 6.42 Å². The van der Waals surface area contributed by atoms with Gasteiger partial charge in [-0.15, -0.1) is 52.6 Å². The van der Waals surface area contributed by atoms with E-state index >= 15 is 0 Å². The van der Waals surface area contributed by atoms with Crippen molar-refractivity contribution in [1.29, 1.82) is 0 Å². The average Bonchev–Trinajstić information content (AvgIpc) is 2.37. The van der Waals surface area contributed by atoms with Gasteiger partial charge in [-0.3, -0.25) is 0 Å². The van der Waals surface area contributed by atoms with Crippen molar-refractivity contribution in [2.45, 2.75) is 19.5 Å². The molecule has 0 heterocycles. The molecule has 7 N–H and O–H groups in total. The molecule has 0 aliphatic heterocycles. The van der Waals surface area contributed by atoms with E-state index in [0.29, 0.717) is 0 Å². The molecule has 0 radical (unpaired) electrons. The highest BCUT2D eigenvalue weighted by Gasteiger charge is 2.00. The van der Waals surface area contributed by atoms with Crippen LogP contribution in [0.1, 0.15) is 13.3 Å². The van der Waals surface area contributed by atoms with E-state index < -0.39 is 7.82 Å². The fourth-order valence-corrected chi connectivity index (χ4v) is 0. The second-order valence-corrected chi connectivity index (χ2v) is 2.61. The molecule has 0 bridgehead atoms. The van der Waals surface area contributed by atoms with Crippen LogP contribution >= 0.6 is 7.82 Å². The minimum absolute atomic E-state index is 0.116. The van der Waals surface area contributed by atoms with Crippen LogP contribution in [-0.2, 0) is 4.57 Å². The van der Waals surface area contributed by atoms with E-state index in [2.05, 4.69) is 52.6 Å². The van der Waals surface area contributed by atoms with Crippen LogP contribution in [0.4, 0.5) is 0 Å². The Hall–Kier alpha value is -1.01. The van der Waals surface area contributed by atoms with Gasteiger partial charge in [-0.2, -0.15) is 0 Å². The zero-order valence-electron chi connectivity index (χ0n) is 11.3. The van der Waals surface area contributed by atoms with Crippen LogP contribution in [0.15, 0.2) is 52.6 Å². The lowest BCUT2D eigenvalue weighted by atomic mass is 10.4. The molecule has 0 rings (SSSR count). The summed E-state index contributed by atoms with van der Waals surface area (Å²) in [5, 5.41) is 0. The average molecular weight is 284 g/mol. The molecule has 0 spiro atoms. The van der Waals surface area contributed by atoms with Gasteiger partial charge in [0, 0.05) is 0 Å². The molecule has 7 heteroatoms. The predicted octanol–water partition coefficient (Wildman–Crippen LogP) is 1.92. The van der Waals surface area contributed by atoms with Gasteiger partial charge < -0.3 is 26.1 Å². The smallest absolute Gasteiger partial charge is 0.316 e. The first-order valence-electron chi connectivity index (χ1n) is 4.56. The van der Waals surface area contributed by atoms with Gasteiger partial charge in [0.25, 0.3) is 0 Å². The van der Waals surface area contributed by atoms with Gasteiger partial charge in [0.05, 0.1) is 6.17 Å². The summed E-state index contributed by atoms with van der Waals surface area (Å²) in [7, 11) is -4.64. The standard InChI is InChI=1S/C3H10N2.4C2H4.H3O4P/c1-2-3(4)5;4*1-2;1-5(2,3)4/h3H,2,4-5H2,1H3;4*1-2H2;(H3,1,2,3,4). The fourth-order valence-electron chi connectivity index (χ4n) is 0. The highest BCUT2D eigenvalue weighted by molar-refractivity contribution is 7.45. The summed E-state index contributed by atoms with van der Waals surface area (Å²) in [6.45, 7) is 25.9. The first-order valence-corrected chi connectivity index (χ1v) is 6.13. The molecule has 0 saturated heterocycles. The maximum Gasteiger partial charge on any atom is 0.466 e. The van der Waals surface area contributed by atoms with Crippen LogP contribution in [0.25, 0.3) is 0 Å². The molecule has 0 aromatic rings. The maximum atomic E-state index is 8.88. The number of hydrogen-bond acceptors (Lipinski definition) is 3. The fraction of sp³-hybridized carbons (Fsp3) is 0.273. The van der Waals surface area contributed by atoms with Crippen molar-refractivity contribution in [3.8, 4) is 0 Å². The van der Waals surface area contributed by atoms with Crippen LogP contribution in [0, 0.1) is 0 Å². The summed E-state index contributed by atoms with van der Waals surface area (Å²) >= 11 is 0. The monoisotopic (exact) mass is 284 g/mol. The van der Waals surface area contributed by atoms with Crippen molar-refractivity contribution in [2.24, 2.45) is 11.5 Å². The van der Waals surface area contributed by atoms with E-state index in [1.165, 1.54) is 0 Å². The molecule has 0 aromatic carbocycles. The zero-order valence-corrected chi connectivity index (χ0v) is 12.2. The number of rotatable bonds is 1. The lowest BCUT2D eigenvalue weighted by Crippen LogP contribution is -2.28. The third-order valence-electron chi connectivity index (χ3n) is 0.471. The largest absolute Gasteiger partial charge is 0.466 e. The zero-order chi connectivity index (χ0) is 16.8. The van der Waals surface area contributed by atoms with Crippen molar-refractivity contribution in [3.63, 3.8) is 0 Å². The Morgan fingerprint density at radius 3 is 0.944 bits per heavy atom. The molecule has 0 atom stereocenters. The van der Waals surface area contributed by atoms with Crippen molar-refractivity contribution >= 4 is 7.82 Å². The Morgan fingerprint density at radius 1 is 0.889 bits per heavy atom. The normalized spacial score (nSPS) is 6.83. The van der Waals surface area contributed by atoms with Gasteiger partial charge in [0.1, 0.15) is 0 Å². The molecule has 6 nitrogen and oxygen atoms in total. The summed E-state index contributed by atoms with van der Waals surface area (Å²) in [6, 6.07) is 0. The summed E-state index contributed by atoms with van der Waals surface area (Å²) in [5.41, 5.74) is 10.1.